The van der Waals surface area contributed by atoms with Gasteiger partial charge in [0.15, 0.2) is 0 Å². The van der Waals surface area contributed by atoms with Crippen molar-refractivity contribution < 1.29 is 24.5 Å². The Hall–Kier alpha value is -3.54. The number of ether oxygens (including phenoxy) is 1. The number of carbonyl (C=O) groups is 2. The highest BCUT2D eigenvalue weighted by Gasteiger charge is 2.18. The molecule has 2 aromatic carbocycles. The molecule has 0 spiro atoms. The van der Waals surface area contributed by atoms with Gasteiger partial charge in [0, 0.05) is 23.1 Å². The number of phenols is 1. The Morgan fingerprint density at radius 3 is 2.30 bits per heavy atom. The topological polar surface area (TPSA) is 88.8 Å². The molecule has 138 valence electrons. The van der Waals surface area contributed by atoms with Crippen LogP contribution in [0.5, 0.6) is 5.75 Å². The first-order valence-corrected chi connectivity index (χ1v) is 8.35. The van der Waals surface area contributed by atoms with Crippen LogP contribution in [0.2, 0.25) is 0 Å². The van der Waals surface area contributed by atoms with Gasteiger partial charge in [-0.3, -0.25) is 0 Å². The Bertz CT molecular complexity index is 1000. The molecule has 2 N–H and O–H groups in total. The number of carbonyl (C=O) groups excluding carboxylic acids is 1. The van der Waals surface area contributed by atoms with Crippen LogP contribution in [0.15, 0.2) is 54.6 Å². The van der Waals surface area contributed by atoms with Gasteiger partial charge < -0.3 is 19.5 Å². The van der Waals surface area contributed by atoms with Gasteiger partial charge in [0.05, 0.1) is 5.56 Å². The van der Waals surface area contributed by atoms with E-state index in [1.165, 1.54) is 12.1 Å². The van der Waals surface area contributed by atoms with Crippen molar-refractivity contribution >= 4 is 11.9 Å². The number of esters is 1. The molecule has 0 saturated heterocycles. The van der Waals surface area contributed by atoms with E-state index >= 15 is 0 Å². The van der Waals surface area contributed by atoms with Crippen LogP contribution in [-0.2, 0) is 11.3 Å². The van der Waals surface area contributed by atoms with Crippen molar-refractivity contribution in [1.29, 1.82) is 0 Å². The summed E-state index contributed by atoms with van der Waals surface area (Å²) in [4.78, 5) is 23.5. The quantitative estimate of drug-likeness (QED) is 0.670. The molecular weight excluding hydrogens is 346 g/mol. The van der Waals surface area contributed by atoms with Gasteiger partial charge in [0.2, 0.25) is 0 Å². The number of carboxylic acid groups (broad SMARTS) is 1. The molecule has 1 aromatic heterocycles. The number of hydrogen-bond acceptors (Lipinski definition) is 4. The molecule has 0 radical (unpaired) electrons. The summed E-state index contributed by atoms with van der Waals surface area (Å²) in [5.74, 6) is -1.87. The Labute approximate surface area is 156 Å². The van der Waals surface area contributed by atoms with Crippen LogP contribution in [0, 0.1) is 13.8 Å². The third-order valence-electron chi connectivity index (χ3n) is 4.33. The van der Waals surface area contributed by atoms with Crippen molar-refractivity contribution in [2.45, 2.75) is 20.5 Å². The molecule has 0 fully saturated rings. The van der Waals surface area contributed by atoms with E-state index in [-0.39, 0.29) is 23.5 Å². The molecule has 1 heterocycles. The first-order valence-electron chi connectivity index (χ1n) is 8.35. The third-order valence-corrected chi connectivity index (χ3v) is 4.33. The maximum atomic E-state index is 12.2. The number of benzene rings is 2. The summed E-state index contributed by atoms with van der Waals surface area (Å²) in [7, 11) is 0. The Kier molecular flexibility index (Phi) is 4.98. The number of nitrogens with zero attached hydrogens (tertiary/aromatic N) is 1. The zero-order chi connectivity index (χ0) is 19.6. The molecule has 27 heavy (non-hydrogen) atoms. The van der Waals surface area contributed by atoms with Gasteiger partial charge in [-0.2, -0.15) is 0 Å². The number of phenolic OH excluding ortho intramolecular Hbond substituents is 1. The fourth-order valence-corrected chi connectivity index (χ4v) is 3.01. The molecule has 3 rings (SSSR count). The molecule has 6 nitrogen and oxygen atoms in total. The maximum absolute atomic E-state index is 12.2. The predicted octanol–water partition coefficient (Wildman–Crippen LogP) is 3.85. The molecule has 0 unspecified atom stereocenters. The zero-order valence-electron chi connectivity index (χ0n) is 15.0. The summed E-state index contributed by atoms with van der Waals surface area (Å²) in [6, 6.07) is 15.4. The van der Waals surface area contributed by atoms with Gasteiger partial charge in [-0.15, -0.1) is 0 Å². The molecule has 6 heteroatoms. The number of rotatable bonds is 5. The first-order chi connectivity index (χ1) is 12.9. The van der Waals surface area contributed by atoms with E-state index in [2.05, 4.69) is 0 Å². The Balaban J connectivity index is 1.84. The summed E-state index contributed by atoms with van der Waals surface area (Å²) < 4.78 is 6.95. The monoisotopic (exact) mass is 365 g/mol. The zero-order valence-corrected chi connectivity index (χ0v) is 15.0. The predicted molar refractivity (Wildman–Crippen MR) is 99.4 cm³/mol. The van der Waals surface area contributed by atoms with Gasteiger partial charge in [0.25, 0.3) is 0 Å². The molecule has 3 aromatic rings. The van der Waals surface area contributed by atoms with E-state index in [1.807, 2.05) is 30.3 Å². The summed E-state index contributed by atoms with van der Waals surface area (Å²) >= 11 is 0. The highest BCUT2D eigenvalue weighted by atomic mass is 16.5. The van der Waals surface area contributed by atoms with E-state index in [1.54, 1.807) is 30.5 Å². The molecule has 0 bridgehead atoms. The summed E-state index contributed by atoms with van der Waals surface area (Å²) in [6.45, 7) is 3.58. The van der Waals surface area contributed by atoms with Crippen LogP contribution in [0.3, 0.4) is 0 Å². The van der Waals surface area contributed by atoms with Crippen molar-refractivity contribution in [3.8, 4) is 11.4 Å². The normalized spacial score (nSPS) is 10.6. The van der Waals surface area contributed by atoms with E-state index in [0.717, 1.165) is 5.56 Å². The lowest BCUT2D eigenvalue weighted by molar-refractivity contribution is 0.0469. The fourth-order valence-electron chi connectivity index (χ4n) is 3.01. The van der Waals surface area contributed by atoms with E-state index < -0.39 is 11.9 Å². The molecule has 0 amide bonds. The van der Waals surface area contributed by atoms with E-state index in [0.29, 0.717) is 17.1 Å². The second kappa shape index (κ2) is 7.37. The van der Waals surface area contributed by atoms with Crippen LogP contribution in [0.1, 0.15) is 37.7 Å². The van der Waals surface area contributed by atoms with Crippen molar-refractivity contribution in [2.24, 2.45) is 0 Å². The standard InChI is InChI=1S/C21H19NO5/c1-13-10-18(20(24)25)14(2)22(13)16-8-9-17(19(23)11-16)21(26)27-12-15-6-4-3-5-7-15/h3-11,23H,12H2,1-2H3,(H,24,25). The van der Waals surface area contributed by atoms with Crippen LogP contribution < -0.4 is 0 Å². The highest BCUT2D eigenvalue weighted by molar-refractivity contribution is 5.93. The lowest BCUT2D eigenvalue weighted by atomic mass is 10.1. The smallest absolute Gasteiger partial charge is 0.342 e. The van der Waals surface area contributed by atoms with Gasteiger partial charge in [-0.1, -0.05) is 30.3 Å². The number of carboxylic acids is 1. The van der Waals surface area contributed by atoms with Crippen LogP contribution in [0.4, 0.5) is 0 Å². The van der Waals surface area contributed by atoms with Crippen molar-refractivity contribution in [1.82, 2.24) is 4.57 Å². The van der Waals surface area contributed by atoms with Crippen molar-refractivity contribution in [3.63, 3.8) is 0 Å². The lowest BCUT2D eigenvalue weighted by Gasteiger charge is -2.12. The first kappa shape index (κ1) is 18.3. The average Bonchev–Trinajstić information content (AvgIpc) is 2.95. The minimum atomic E-state index is -1.01. The van der Waals surface area contributed by atoms with Crippen molar-refractivity contribution in [3.05, 3.63) is 82.7 Å². The lowest BCUT2D eigenvalue weighted by Crippen LogP contribution is -2.07. The average molecular weight is 365 g/mol. The van der Waals surface area contributed by atoms with Gasteiger partial charge in [-0.25, -0.2) is 9.59 Å². The molecule has 0 aliphatic carbocycles. The van der Waals surface area contributed by atoms with Crippen LogP contribution in [-0.4, -0.2) is 26.7 Å². The molecular formula is C21H19NO5. The number of aromatic nitrogens is 1. The summed E-state index contributed by atoms with van der Waals surface area (Å²) in [6.07, 6.45) is 0. The maximum Gasteiger partial charge on any atom is 0.342 e. The largest absolute Gasteiger partial charge is 0.507 e. The van der Waals surface area contributed by atoms with E-state index in [9.17, 15) is 19.8 Å². The van der Waals surface area contributed by atoms with Gasteiger partial charge in [0.1, 0.15) is 17.9 Å². The Morgan fingerprint density at radius 1 is 1.00 bits per heavy atom. The SMILES string of the molecule is Cc1cc(C(=O)O)c(C)n1-c1ccc(C(=O)OCc2ccccc2)c(O)c1. The highest BCUT2D eigenvalue weighted by Crippen LogP contribution is 2.26. The summed E-state index contributed by atoms with van der Waals surface area (Å²) in [5.41, 5.74) is 2.91. The van der Waals surface area contributed by atoms with Crippen LogP contribution in [0.25, 0.3) is 5.69 Å². The Morgan fingerprint density at radius 2 is 1.70 bits per heavy atom. The minimum absolute atomic E-state index is 0.0515. The number of hydrogen-bond donors (Lipinski definition) is 2. The molecule has 0 aliphatic rings. The minimum Gasteiger partial charge on any atom is -0.507 e. The third kappa shape index (κ3) is 3.69. The number of aromatic hydroxyl groups is 1. The van der Waals surface area contributed by atoms with E-state index in [4.69, 9.17) is 4.74 Å². The van der Waals surface area contributed by atoms with Crippen molar-refractivity contribution in [2.75, 3.05) is 0 Å². The molecule has 0 atom stereocenters. The number of aromatic carboxylic acids is 1. The van der Waals surface area contributed by atoms with Crippen LogP contribution >= 0.6 is 0 Å². The second-order valence-electron chi connectivity index (χ2n) is 6.19. The van der Waals surface area contributed by atoms with Gasteiger partial charge in [-0.05, 0) is 37.6 Å². The second-order valence-corrected chi connectivity index (χ2v) is 6.19. The molecule has 0 saturated carbocycles. The summed E-state index contributed by atoms with van der Waals surface area (Å²) in [5, 5.41) is 19.5. The number of aryl methyl sites for hydroxylation is 1. The fraction of sp³-hybridized carbons (Fsp3) is 0.143. The van der Waals surface area contributed by atoms with Gasteiger partial charge >= 0.3 is 11.9 Å². The molecule has 0 aliphatic heterocycles.